The van der Waals surface area contributed by atoms with E-state index in [1.165, 1.54) is 15.6 Å². The van der Waals surface area contributed by atoms with E-state index in [1.807, 2.05) is 38.2 Å². The molecule has 3 aromatic heterocycles. The Balaban J connectivity index is 1.55. The summed E-state index contributed by atoms with van der Waals surface area (Å²) in [6, 6.07) is 11.4. The number of imidazole rings is 1. The van der Waals surface area contributed by atoms with E-state index in [0.29, 0.717) is 41.7 Å². The van der Waals surface area contributed by atoms with Gasteiger partial charge < -0.3 is 15.0 Å². The first-order chi connectivity index (χ1) is 15.8. The number of benzene rings is 1. The summed E-state index contributed by atoms with van der Waals surface area (Å²) < 4.78 is 35.8. The Kier molecular flexibility index (Phi) is 7.03. The SMILES string of the molecule is Bc1ccc(S(=O)(=O)N(C)CCCCn2c(CCOC)nc3c(N)nc4ccccc4c32)s1. The molecule has 4 aromatic rings. The molecule has 3 heterocycles. The fraction of sp³-hybridized carbons (Fsp3) is 0.364. The second-order valence-corrected chi connectivity index (χ2v) is 11.6. The number of methoxy groups -OCH3 is 1. The molecule has 1 aromatic carbocycles. The molecule has 0 fully saturated rings. The highest BCUT2D eigenvalue weighted by atomic mass is 32.2. The van der Waals surface area contributed by atoms with Crippen molar-refractivity contribution in [1.82, 2.24) is 18.8 Å². The lowest BCUT2D eigenvalue weighted by molar-refractivity contribution is 0.199. The van der Waals surface area contributed by atoms with Gasteiger partial charge in [0.15, 0.2) is 13.7 Å². The zero-order valence-electron chi connectivity index (χ0n) is 19.1. The predicted molar refractivity (Wildman–Crippen MR) is 137 cm³/mol. The van der Waals surface area contributed by atoms with Crippen molar-refractivity contribution in [2.75, 3.05) is 33.0 Å². The molecule has 0 atom stereocenters. The number of hydrogen-bond donors (Lipinski definition) is 1. The van der Waals surface area contributed by atoms with Gasteiger partial charge in [0.1, 0.15) is 15.6 Å². The van der Waals surface area contributed by atoms with Crippen LogP contribution in [-0.2, 0) is 27.7 Å². The van der Waals surface area contributed by atoms with Gasteiger partial charge in [0, 0.05) is 39.1 Å². The number of fused-ring (bicyclic) bond motifs is 3. The van der Waals surface area contributed by atoms with Gasteiger partial charge in [-0.15, -0.1) is 11.3 Å². The van der Waals surface area contributed by atoms with E-state index >= 15 is 0 Å². The zero-order chi connectivity index (χ0) is 23.6. The van der Waals surface area contributed by atoms with E-state index < -0.39 is 10.0 Å². The third-order valence-electron chi connectivity index (χ3n) is 5.70. The summed E-state index contributed by atoms with van der Waals surface area (Å²) in [5, 5.41) is 1.01. The number of hydrogen-bond acceptors (Lipinski definition) is 7. The molecule has 0 unspecified atom stereocenters. The first-order valence-electron chi connectivity index (χ1n) is 10.9. The molecule has 0 radical (unpaired) electrons. The van der Waals surface area contributed by atoms with Gasteiger partial charge in [0.2, 0.25) is 0 Å². The third-order valence-corrected chi connectivity index (χ3v) is 9.03. The van der Waals surface area contributed by atoms with Gasteiger partial charge in [-0.1, -0.05) is 24.3 Å². The molecule has 0 aliphatic carbocycles. The minimum atomic E-state index is -3.45. The van der Waals surface area contributed by atoms with E-state index in [2.05, 4.69) is 9.55 Å². The minimum Gasteiger partial charge on any atom is -0.384 e. The lowest BCUT2D eigenvalue weighted by Crippen LogP contribution is -2.27. The van der Waals surface area contributed by atoms with Crippen LogP contribution in [0.2, 0.25) is 0 Å². The fourth-order valence-electron chi connectivity index (χ4n) is 3.96. The average molecular weight is 485 g/mol. The van der Waals surface area contributed by atoms with Gasteiger partial charge in [-0.05, 0) is 29.8 Å². The quantitative estimate of drug-likeness (QED) is 0.271. The van der Waals surface area contributed by atoms with Crippen LogP contribution in [0.4, 0.5) is 5.82 Å². The number of para-hydroxylation sites is 1. The summed E-state index contributed by atoms with van der Waals surface area (Å²) in [6.45, 7) is 1.70. The van der Waals surface area contributed by atoms with Gasteiger partial charge in [-0.3, -0.25) is 0 Å². The molecule has 0 saturated heterocycles. The van der Waals surface area contributed by atoms with Gasteiger partial charge >= 0.3 is 0 Å². The van der Waals surface area contributed by atoms with E-state index in [0.717, 1.165) is 39.9 Å². The van der Waals surface area contributed by atoms with Crippen molar-refractivity contribution in [1.29, 1.82) is 0 Å². The number of pyridine rings is 1. The molecule has 0 bridgehead atoms. The molecular formula is C22H28BN5O3S2. The normalized spacial score (nSPS) is 12.3. The second kappa shape index (κ2) is 9.80. The molecule has 0 amide bonds. The number of anilines is 1. The topological polar surface area (TPSA) is 103 Å². The van der Waals surface area contributed by atoms with E-state index in [-0.39, 0.29) is 0 Å². The molecule has 0 spiro atoms. The molecule has 11 heteroatoms. The van der Waals surface area contributed by atoms with Gasteiger partial charge in [-0.2, -0.15) is 0 Å². The summed E-state index contributed by atoms with van der Waals surface area (Å²) in [6.07, 6.45) is 2.18. The summed E-state index contributed by atoms with van der Waals surface area (Å²) in [5.41, 5.74) is 8.75. The number of aryl methyl sites for hydroxylation is 1. The maximum Gasteiger partial charge on any atom is 0.252 e. The van der Waals surface area contributed by atoms with Crippen LogP contribution in [-0.4, -0.2) is 62.4 Å². The largest absolute Gasteiger partial charge is 0.384 e. The minimum absolute atomic E-state index is 0.388. The molecule has 8 nitrogen and oxygen atoms in total. The molecule has 174 valence electrons. The lowest BCUT2D eigenvalue weighted by atomic mass is 10.1. The monoisotopic (exact) mass is 485 g/mol. The number of thiophene rings is 1. The number of ether oxygens (including phenoxy) is 1. The highest BCUT2D eigenvalue weighted by molar-refractivity contribution is 7.91. The van der Waals surface area contributed by atoms with Crippen molar-refractivity contribution in [3.8, 4) is 0 Å². The van der Waals surface area contributed by atoms with Crippen LogP contribution in [0.5, 0.6) is 0 Å². The molecule has 0 aliphatic rings. The lowest BCUT2D eigenvalue weighted by Gasteiger charge is -2.16. The van der Waals surface area contributed by atoms with Gasteiger partial charge in [-0.25, -0.2) is 22.7 Å². The van der Waals surface area contributed by atoms with Crippen LogP contribution in [0, 0.1) is 0 Å². The molecule has 2 N–H and O–H groups in total. The number of sulfonamides is 1. The zero-order valence-corrected chi connectivity index (χ0v) is 20.7. The Hall–Kier alpha value is -2.47. The predicted octanol–water partition coefficient (Wildman–Crippen LogP) is 1.78. The smallest absolute Gasteiger partial charge is 0.252 e. The molecule has 33 heavy (non-hydrogen) atoms. The van der Waals surface area contributed by atoms with E-state index in [1.54, 1.807) is 20.2 Å². The summed E-state index contributed by atoms with van der Waals surface area (Å²) in [7, 11) is 1.77. The first kappa shape index (κ1) is 23.7. The van der Waals surface area contributed by atoms with Gasteiger partial charge in [0.05, 0.1) is 17.6 Å². The Morgan fingerprint density at radius 1 is 1.18 bits per heavy atom. The average Bonchev–Trinajstić information content (AvgIpc) is 3.40. The maximum atomic E-state index is 12.8. The molecule has 0 saturated carbocycles. The number of unbranched alkanes of at least 4 members (excludes halogenated alkanes) is 1. The highest BCUT2D eigenvalue weighted by Gasteiger charge is 2.22. The Bertz CT molecular complexity index is 1380. The van der Waals surface area contributed by atoms with Crippen molar-refractivity contribution < 1.29 is 13.2 Å². The van der Waals surface area contributed by atoms with Crippen LogP contribution in [0.3, 0.4) is 0 Å². The Morgan fingerprint density at radius 2 is 1.97 bits per heavy atom. The second-order valence-electron chi connectivity index (χ2n) is 8.03. The van der Waals surface area contributed by atoms with Crippen LogP contribution in [0.1, 0.15) is 18.7 Å². The van der Waals surface area contributed by atoms with Crippen LogP contribution in [0.25, 0.3) is 21.9 Å². The number of aromatic nitrogens is 3. The van der Waals surface area contributed by atoms with Crippen LogP contribution >= 0.6 is 11.3 Å². The number of nitrogens with two attached hydrogens (primary N) is 1. The van der Waals surface area contributed by atoms with Crippen LogP contribution in [0.15, 0.2) is 40.6 Å². The first-order valence-corrected chi connectivity index (χ1v) is 13.1. The number of nitrogens with zero attached hydrogens (tertiary/aromatic N) is 4. The molecule has 0 aliphatic heterocycles. The third kappa shape index (κ3) is 4.77. The number of rotatable bonds is 10. The van der Waals surface area contributed by atoms with Gasteiger partial charge in [0.25, 0.3) is 10.0 Å². The summed E-state index contributed by atoms with van der Waals surface area (Å²) in [4.78, 5) is 9.30. The molecule has 4 rings (SSSR count). The van der Waals surface area contributed by atoms with Crippen molar-refractivity contribution in [2.45, 2.75) is 30.0 Å². The van der Waals surface area contributed by atoms with Crippen molar-refractivity contribution in [3.63, 3.8) is 0 Å². The van der Waals surface area contributed by atoms with Crippen molar-refractivity contribution >= 4 is 61.7 Å². The summed E-state index contributed by atoms with van der Waals surface area (Å²) in [5.74, 6) is 1.31. The standard InChI is InChI=1S/C22H28BN5O3S2/c1-27(33(29,30)19-10-9-17(23)32-19)12-5-6-13-28-18(11-14-31-2)26-20-21(28)15-7-3-4-8-16(15)25-22(20)24/h3-4,7-10H,5-6,11-14,23H2,1-2H3,(H2,24,25). The van der Waals surface area contributed by atoms with Crippen molar-refractivity contribution in [2.24, 2.45) is 0 Å². The Morgan fingerprint density at radius 3 is 2.70 bits per heavy atom. The fourth-order valence-corrected chi connectivity index (χ4v) is 6.66. The maximum absolute atomic E-state index is 12.8. The number of nitrogen functional groups attached to an aromatic ring is 1. The van der Waals surface area contributed by atoms with E-state index in [9.17, 15) is 8.42 Å². The molecular weight excluding hydrogens is 457 g/mol. The van der Waals surface area contributed by atoms with Crippen molar-refractivity contribution in [3.05, 3.63) is 42.2 Å². The summed E-state index contributed by atoms with van der Waals surface area (Å²) >= 11 is 1.30. The Labute approximate surface area is 198 Å². The highest BCUT2D eigenvalue weighted by Crippen LogP contribution is 2.29. The van der Waals surface area contributed by atoms with Crippen LogP contribution < -0.4 is 10.5 Å². The van der Waals surface area contributed by atoms with E-state index in [4.69, 9.17) is 15.5 Å².